The molecule has 1 aromatic rings. The van der Waals surface area contributed by atoms with Crippen LogP contribution < -0.4 is 4.52 Å². The maximum absolute atomic E-state index is 12.0. The minimum Gasteiger partial charge on any atom is -0.441 e. The number of hydrogen-bond acceptors (Lipinski definition) is 3. The summed E-state index contributed by atoms with van der Waals surface area (Å²) >= 11 is 0. The second-order valence-electron chi connectivity index (χ2n) is 2.95. The van der Waals surface area contributed by atoms with Crippen molar-refractivity contribution < 1.29 is 13.8 Å². The van der Waals surface area contributed by atoms with Gasteiger partial charge in [-0.1, -0.05) is 25.1 Å². The van der Waals surface area contributed by atoms with E-state index in [1.54, 1.807) is 12.1 Å². The summed E-state index contributed by atoms with van der Waals surface area (Å²) in [5.74, 6) is 0.634. The maximum Gasteiger partial charge on any atom is 0.272 e. The highest BCUT2D eigenvalue weighted by molar-refractivity contribution is 7.59. The Kier molecular flexibility index (Phi) is 4.18. The van der Waals surface area contributed by atoms with E-state index in [1.807, 2.05) is 25.1 Å². The summed E-state index contributed by atoms with van der Waals surface area (Å²) in [5, 5.41) is 0. The van der Waals surface area contributed by atoms with Gasteiger partial charge >= 0.3 is 0 Å². The quantitative estimate of drug-likeness (QED) is 0.707. The van der Waals surface area contributed by atoms with Crippen LogP contribution in [0, 0.1) is 0 Å². The van der Waals surface area contributed by atoms with Gasteiger partial charge in [-0.2, -0.15) is 0 Å². The smallest absolute Gasteiger partial charge is 0.272 e. The molecular formula is C10H15O3P. The highest BCUT2D eigenvalue weighted by atomic mass is 31.2. The Morgan fingerprint density at radius 2 is 1.93 bits per heavy atom. The summed E-state index contributed by atoms with van der Waals surface area (Å²) in [7, 11) is -1.12. The first-order valence-electron chi connectivity index (χ1n) is 4.52. The Hall–Kier alpha value is -0.790. The van der Waals surface area contributed by atoms with Crippen molar-refractivity contribution in [2.45, 2.75) is 6.92 Å². The van der Waals surface area contributed by atoms with E-state index >= 15 is 0 Å². The van der Waals surface area contributed by atoms with E-state index in [2.05, 4.69) is 0 Å². The molecule has 0 radical (unpaired) electrons. The first-order valence-corrected chi connectivity index (χ1v) is 6.51. The van der Waals surface area contributed by atoms with E-state index in [-0.39, 0.29) is 6.35 Å². The van der Waals surface area contributed by atoms with E-state index in [1.165, 1.54) is 7.11 Å². The summed E-state index contributed by atoms with van der Waals surface area (Å²) < 4.78 is 22.3. The van der Waals surface area contributed by atoms with Gasteiger partial charge in [-0.25, -0.2) is 0 Å². The van der Waals surface area contributed by atoms with Crippen LogP contribution in [0.3, 0.4) is 0 Å². The minimum atomic E-state index is -2.64. The van der Waals surface area contributed by atoms with Gasteiger partial charge < -0.3 is 9.26 Å². The Balaban J connectivity index is 2.71. The van der Waals surface area contributed by atoms with E-state index in [0.717, 1.165) is 0 Å². The average Bonchev–Trinajstić information content (AvgIpc) is 2.20. The second-order valence-corrected chi connectivity index (χ2v) is 5.66. The predicted octanol–water partition coefficient (Wildman–Crippen LogP) is 2.97. The van der Waals surface area contributed by atoms with Gasteiger partial charge in [0.05, 0.1) is 0 Å². The van der Waals surface area contributed by atoms with Crippen LogP contribution in [0.2, 0.25) is 0 Å². The second kappa shape index (κ2) is 5.18. The lowest BCUT2D eigenvalue weighted by molar-refractivity contribution is 0.239. The van der Waals surface area contributed by atoms with E-state index in [4.69, 9.17) is 9.26 Å². The summed E-state index contributed by atoms with van der Waals surface area (Å²) in [6.45, 7) is 1.84. The van der Waals surface area contributed by atoms with Gasteiger partial charge in [0.2, 0.25) is 0 Å². The summed E-state index contributed by atoms with van der Waals surface area (Å²) in [6.07, 6.45) is 0.647. The SMILES string of the molecule is CCP(=O)(COC)Oc1ccccc1. The molecule has 0 aliphatic heterocycles. The zero-order chi connectivity index (χ0) is 10.4. The molecule has 0 bridgehead atoms. The van der Waals surface area contributed by atoms with Gasteiger partial charge in [-0.15, -0.1) is 0 Å². The number of benzene rings is 1. The molecule has 0 spiro atoms. The number of hydrogen-bond donors (Lipinski definition) is 0. The minimum absolute atomic E-state index is 0.165. The van der Waals surface area contributed by atoms with Crippen molar-refractivity contribution >= 4 is 7.37 Å². The lowest BCUT2D eigenvalue weighted by Gasteiger charge is -2.16. The van der Waals surface area contributed by atoms with Crippen LogP contribution in [-0.2, 0) is 9.30 Å². The van der Waals surface area contributed by atoms with Crippen LogP contribution in [0.5, 0.6) is 5.75 Å². The number of methoxy groups -OCH3 is 1. The van der Waals surface area contributed by atoms with Crippen molar-refractivity contribution in [3.63, 3.8) is 0 Å². The fraction of sp³-hybridized carbons (Fsp3) is 0.400. The van der Waals surface area contributed by atoms with Gasteiger partial charge in [-0.3, -0.25) is 4.57 Å². The van der Waals surface area contributed by atoms with Crippen LogP contribution in [-0.4, -0.2) is 19.6 Å². The molecular weight excluding hydrogens is 199 g/mol. The molecule has 0 fully saturated rings. The van der Waals surface area contributed by atoms with E-state index in [0.29, 0.717) is 11.9 Å². The molecule has 1 unspecified atom stereocenters. The highest BCUT2D eigenvalue weighted by Gasteiger charge is 2.21. The maximum atomic E-state index is 12.0. The van der Waals surface area contributed by atoms with Gasteiger partial charge in [0.15, 0.2) is 0 Å². The Labute approximate surface area is 84.5 Å². The lowest BCUT2D eigenvalue weighted by atomic mass is 10.3. The average molecular weight is 214 g/mol. The van der Waals surface area contributed by atoms with Crippen LogP contribution in [0.4, 0.5) is 0 Å². The standard InChI is InChI=1S/C10H15O3P/c1-3-14(11,9-12-2)13-10-7-5-4-6-8-10/h4-8H,3,9H2,1-2H3. The third-order valence-electron chi connectivity index (χ3n) is 1.82. The van der Waals surface area contributed by atoms with E-state index < -0.39 is 7.37 Å². The fourth-order valence-electron chi connectivity index (χ4n) is 1.05. The van der Waals surface area contributed by atoms with Crippen molar-refractivity contribution in [3.05, 3.63) is 30.3 Å². The number of para-hydroxylation sites is 1. The van der Waals surface area contributed by atoms with Crippen LogP contribution in [0.25, 0.3) is 0 Å². The Morgan fingerprint density at radius 1 is 1.29 bits per heavy atom. The van der Waals surface area contributed by atoms with Crippen molar-refractivity contribution in [3.8, 4) is 5.75 Å². The Morgan fingerprint density at radius 3 is 2.43 bits per heavy atom. The molecule has 0 aromatic heterocycles. The third kappa shape index (κ3) is 3.17. The molecule has 1 atom stereocenters. The largest absolute Gasteiger partial charge is 0.441 e. The molecule has 1 aromatic carbocycles. The topological polar surface area (TPSA) is 35.5 Å². The third-order valence-corrected chi connectivity index (χ3v) is 3.98. The molecule has 78 valence electrons. The molecule has 0 saturated heterocycles. The van der Waals surface area contributed by atoms with Crippen LogP contribution in [0.15, 0.2) is 30.3 Å². The number of ether oxygens (including phenoxy) is 1. The molecule has 0 saturated carbocycles. The molecule has 0 N–H and O–H groups in total. The monoisotopic (exact) mass is 214 g/mol. The molecule has 0 amide bonds. The van der Waals surface area contributed by atoms with Gasteiger partial charge in [0, 0.05) is 13.3 Å². The van der Waals surface area contributed by atoms with Crippen molar-refractivity contribution in [2.24, 2.45) is 0 Å². The first kappa shape index (κ1) is 11.3. The molecule has 0 aliphatic carbocycles. The summed E-state index contributed by atoms with van der Waals surface area (Å²) in [4.78, 5) is 0. The van der Waals surface area contributed by atoms with E-state index in [9.17, 15) is 4.57 Å². The molecule has 1 rings (SSSR count). The molecule has 0 heterocycles. The molecule has 4 heteroatoms. The van der Waals surface area contributed by atoms with Gasteiger partial charge in [0.1, 0.15) is 12.1 Å². The molecule has 3 nitrogen and oxygen atoms in total. The van der Waals surface area contributed by atoms with Crippen molar-refractivity contribution in [1.82, 2.24) is 0 Å². The Bertz CT molecular complexity index is 310. The zero-order valence-electron chi connectivity index (χ0n) is 8.47. The first-order chi connectivity index (χ1) is 6.70. The van der Waals surface area contributed by atoms with Crippen molar-refractivity contribution in [1.29, 1.82) is 0 Å². The number of rotatable bonds is 5. The van der Waals surface area contributed by atoms with Crippen LogP contribution in [0.1, 0.15) is 6.92 Å². The fourth-order valence-corrected chi connectivity index (χ4v) is 2.32. The van der Waals surface area contributed by atoms with Gasteiger partial charge in [-0.05, 0) is 12.1 Å². The zero-order valence-corrected chi connectivity index (χ0v) is 9.37. The summed E-state index contributed by atoms with van der Waals surface area (Å²) in [5.41, 5.74) is 0. The predicted molar refractivity (Wildman–Crippen MR) is 57.1 cm³/mol. The van der Waals surface area contributed by atoms with Crippen molar-refractivity contribution in [2.75, 3.05) is 19.6 Å². The molecule has 14 heavy (non-hydrogen) atoms. The normalized spacial score (nSPS) is 14.7. The summed E-state index contributed by atoms with van der Waals surface area (Å²) in [6, 6.07) is 9.17. The van der Waals surface area contributed by atoms with Crippen LogP contribution >= 0.6 is 7.37 Å². The lowest BCUT2D eigenvalue weighted by Crippen LogP contribution is -2.01. The molecule has 0 aliphatic rings. The highest BCUT2D eigenvalue weighted by Crippen LogP contribution is 2.46. The van der Waals surface area contributed by atoms with Gasteiger partial charge in [0.25, 0.3) is 7.37 Å².